The van der Waals surface area contributed by atoms with Crippen LogP contribution in [-0.4, -0.2) is 29.9 Å². The van der Waals surface area contributed by atoms with Crippen molar-refractivity contribution in [3.63, 3.8) is 0 Å². The molecular weight excluding hydrogens is 250 g/mol. The van der Waals surface area contributed by atoms with Crippen LogP contribution < -0.4 is 11.1 Å². The Balaban J connectivity index is 2.72. The van der Waals surface area contributed by atoms with Crippen molar-refractivity contribution in [2.24, 2.45) is 0 Å². The molecule has 0 aromatic heterocycles. The van der Waals surface area contributed by atoms with Crippen LogP contribution in [0.5, 0.6) is 0 Å². The molecule has 0 radical (unpaired) electrons. The summed E-state index contributed by atoms with van der Waals surface area (Å²) in [7, 11) is 2.00. The molecular formula is C16H27N3O. The Morgan fingerprint density at radius 1 is 1.40 bits per heavy atom. The van der Waals surface area contributed by atoms with E-state index in [1.165, 1.54) is 0 Å². The van der Waals surface area contributed by atoms with Crippen LogP contribution in [0.1, 0.15) is 39.2 Å². The Labute approximate surface area is 122 Å². The van der Waals surface area contributed by atoms with Crippen molar-refractivity contribution >= 4 is 17.3 Å². The molecule has 20 heavy (non-hydrogen) atoms. The van der Waals surface area contributed by atoms with Crippen LogP contribution in [0.3, 0.4) is 0 Å². The van der Waals surface area contributed by atoms with Gasteiger partial charge in [0.05, 0.1) is 6.04 Å². The van der Waals surface area contributed by atoms with Gasteiger partial charge in [0.15, 0.2) is 0 Å². The second-order valence-corrected chi connectivity index (χ2v) is 5.54. The molecule has 4 heteroatoms. The standard InChI is InChI=1S/C16H27N3O/c1-6-7-12(3)19(5)13(4)16(20)18-15-10-14(17)9-8-11(15)2/h8-10,12-13H,6-7,17H2,1-5H3,(H,18,20). The highest BCUT2D eigenvalue weighted by atomic mass is 16.2. The fourth-order valence-corrected chi connectivity index (χ4v) is 2.20. The fourth-order valence-electron chi connectivity index (χ4n) is 2.20. The molecule has 0 aliphatic rings. The molecule has 0 aliphatic heterocycles. The summed E-state index contributed by atoms with van der Waals surface area (Å²) in [5.41, 5.74) is 8.23. The smallest absolute Gasteiger partial charge is 0.241 e. The highest BCUT2D eigenvalue weighted by Crippen LogP contribution is 2.19. The molecule has 0 aliphatic carbocycles. The third kappa shape index (κ3) is 4.23. The monoisotopic (exact) mass is 277 g/mol. The van der Waals surface area contributed by atoms with Gasteiger partial charge in [-0.2, -0.15) is 0 Å². The Bertz CT molecular complexity index is 459. The zero-order chi connectivity index (χ0) is 15.3. The molecule has 0 saturated heterocycles. The van der Waals surface area contributed by atoms with E-state index in [1.54, 1.807) is 6.07 Å². The van der Waals surface area contributed by atoms with Crippen molar-refractivity contribution in [2.75, 3.05) is 18.1 Å². The molecule has 1 aromatic rings. The zero-order valence-corrected chi connectivity index (χ0v) is 13.2. The first kappa shape index (κ1) is 16.5. The molecule has 0 saturated carbocycles. The molecule has 2 unspecified atom stereocenters. The molecule has 1 aromatic carbocycles. The second-order valence-electron chi connectivity index (χ2n) is 5.54. The van der Waals surface area contributed by atoms with Crippen molar-refractivity contribution in [1.29, 1.82) is 0 Å². The molecule has 112 valence electrons. The van der Waals surface area contributed by atoms with E-state index in [1.807, 2.05) is 33.0 Å². The van der Waals surface area contributed by atoms with E-state index < -0.39 is 0 Å². The number of benzene rings is 1. The lowest BCUT2D eigenvalue weighted by atomic mass is 10.1. The number of likely N-dealkylation sites (N-methyl/N-ethyl adjacent to an activating group) is 1. The largest absolute Gasteiger partial charge is 0.399 e. The molecule has 1 rings (SSSR count). The number of nitrogens with zero attached hydrogens (tertiary/aromatic N) is 1. The number of nitrogens with two attached hydrogens (primary N) is 1. The van der Waals surface area contributed by atoms with Crippen LogP contribution in [0.15, 0.2) is 18.2 Å². The van der Waals surface area contributed by atoms with E-state index in [-0.39, 0.29) is 11.9 Å². The highest BCUT2D eigenvalue weighted by molar-refractivity contribution is 5.95. The molecule has 0 fully saturated rings. The number of nitrogen functional groups attached to an aromatic ring is 1. The number of rotatable bonds is 6. The quantitative estimate of drug-likeness (QED) is 0.786. The van der Waals surface area contributed by atoms with E-state index in [4.69, 9.17) is 5.73 Å². The minimum atomic E-state index is -0.169. The summed E-state index contributed by atoms with van der Waals surface area (Å²) >= 11 is 0. The van der Waals surface area contributed by atoms with Gasteiger partial charge >= 0.3 is 0 Å². The molecule has 0 heterocycles. The van der Waals surface area contributed by atoms with Crippen LogP contribution in [0, 0.1) is 6.92 Å². The third-order valence-corrected chi connectivity index (χ3v) is 3.91. The summed E-state index contributed by atoms with van der Waals surface area (Å²) < 4.78 is 0. The van der Waals surface area contributed by atoms with Gasteiger partial charge in [-0.1, -0.05) is 19.4 Å². The van der Waals surface area contributed by atoms with E-state index in [2.05, 4.69) is 24.1 Å². The van der Waals surface area contributed by atoms with E-state index in [0.29, 0.717) is 11.7 Å². The minimum Gasteiger partial charge on any atom is -0.399 e. The summed E-state index contributed by atoms with van der Waals surface area (Å²) in [4.78, 5) is 14.4. The lowest BCUT2D eigenvalue weighted by Crippen LogP contribution is -2.44. The van der Waals surface area contributed by atoms with E-state index >= 15 is 0 Å². The molecule has 0 bridgehead atoms. The van der Waals surface area contributed by atoms with Crippen molar-refractivity contribution in [3.8, 4) is 0 Å². The zero-order valence-electron chi connectivity index (χ0n) is 13.2. The number of anilines is 2. The summed E-state index contributed by atoms with van der Waals surface area (Å²) in [6.45, 7) is 8.20. The van der Waals surface area contributed by atoms with Gasteiger partial charge in [0.25, 0.3) is 0 Å². The van der Waals surface area contributed by atoms with E-state index in [0.717, 1.165) is 24.1 Å². The van der Waals surface area contributed by atoms with Gasteiger partial charge in [-0.25, -0.2) is 0 Å². The summed E-state index contributed by atoms with van der Waals surface area (Å²) in [6, 6.07) is 5.78. The number of carbonyl (C=O) groups excluding carboxylic acids is 1. The molecule has 3 N–H and O–H groups in total. The average Bonchev–Trinajstić information content (AvgIpc) is 2.41. The molecule has 4 nitrogen and oxygen atoms in total. The Hall–Kier alpha value is -1.55. The van der Waals surface area contributed by atoms with Crippen LogP contribution in [0.4, 0.5) is 11.4 Å². The molecule has 1 amide bonds. The van der Waals surface area contributed by atoms with Gasteiger partial charge in [0.1, 0.15) is 0 Å². The SMILES string of the molecule is CCCC(C)N(C)C(C)C(=O)Nc1cc(N)ccc1C. The second kappa shape index (κ2) is 7.29. The first-order chi connectivity index (χ1) is 9.36. The Kier molecular flexibility index (Phi) is 6.02. The topological polar surface area (TPSA) is 58.4 Å². The van der Waals surface area contributed by atoms with E-state index in [9.17, 15) is 4.79 Å². The van der Waals surface area contributed by atoms with Crippen LogP contribution in [-0.2, 0) is 4.79 Å². The first-order valence-electron chi connectivity index (χ1n) is 7.25. The maximum Gasteiger partial charge on any atom is 0.241 e. The number of hydrogen-bond donors (Lipinski definition) is 2. The predicted molar refractivity (Wildman–Crippen MR) is 85.8 cm³/mol. The lowest BCUT2D eigenvalue weighted by Gasteiger charge is -2.30. The summed E-state index contributed by atoms with van der Waals surface area (Å²) in [6.07, 6.45) is 2.21. The highest BCUT2D eigenvalue weighted by Gasteiger charge is 2.22. The van der Waals surface area contributed by atoms with Gasteiger partial charge in [-0.15, -0.1) is 0 Å². The number of aryl methyl sites for hydroxylation is 1. The van der Waals surface area contributed by atoms with Crippen LogP contribution in [0.25, 0.3) is 0 Å². The van der Waals surface area contributed by atoms with Gasteiger partial charge in [-0.3, -0.25) is 9.69 Å². The Morgan fingerprint density at radius 2 is 2.05 bits per heavy atom. The van der Waals surface area contributed by atoms with Gasteiger partial charge in [0.2, 0.25) is 5.91 Å². The maximum atomic E-state index is 12.3. The van der Waals surface area contributed by atoms with Crippen LogP contribution in [0.2, 0.25) is 0 Å². The number of amides is 1. The molecule has 0 spiro atoms. The number of carbonyl (C=O) groups is 1. The fraction of sp³-hybridized carbons (Fsp3) is 0.562. The third-order valence-electron chi connectivity index (χ3n) is 3.91. The van der Waals surface area contributed by atoms with Gasteiger partial charge in [0, 0.05) is 17.4 Å². The van der Waals surface area contributed by atoms with Gasteiger partial charge in [-0.05, 0) is 51.9 Å². The van der Waals surface area contributed by atoms with Crippen molar-refractivity contribution in [2.45, 2.75) is 52.6 Å². The predicted octanol–water partition coefficient (Wildman–Crippen LogP) is 3.02. The van der Waals surface area contributed by atoms with Gasteiger partial charge < -0.3 is 11.1 Å². The summed E-state index contributed by atoms with van der Waals surface area (Å²) in [5.74, 6) is 0.00385. The van der Waals surface area contributed by atoms with Crippen molar-refractivity contribution in [3.05, 3.63) is 23.8 Å². The average molecular weight is 277 g/mol. The Morgan fingerprint density at radius 3 is 2.65 bits per heavy atom. The normalized spacial score (nSPS) is 14.1. The lowest BCUT2D eigenvalue weighted by molar-refractivity contribution is -0.121. The number of nitrogens with one attached hydrogen (secondary N) is 1. The first-order valence-corrected chi connectivity index (χ1v) is 7.25. The molecule has 2 atom stereocenters. The number of hydrogen-bond acceptors (Lipinski definition) is 3. The van der Waals surface area contributed by atoms with Crippen LogP contribution >= 0.6 is 0 Å². The van der Waals surface area contributed by atoms with Crippen molar-refractivity contribution in [1.82, 2.24) is 4.90 Å². The maximum absolute atomic E-state index is 12.3. The summed E-state index contributed by atoms with van der Waals surface area (Å²) in [5, 5.41) is 2.97. The van der Waals surface area contributed by atoms with Crippen molar-refractivity contribution < 1.29 is 4.79 Å². The minimum absolute atomic E-state index is 0.00385.